The van der Waals surface area contributed by atoms with Crippen LogP contribution >= 0.6 is 0 Å². The average molecular weight is 232 g/mol. The van der Waals surface area contributed by atoms with Crippen molar-refractivity contribution in [2.24, 2.45) is 0 Å². The lowest BCUT2D eigenvalue weighted by Crippen LogP contribution is -2.29. The van der Waals surface area contributed by atoms with Gasteiger partial charge in [-0.3, -0.25) is 0 Å². The van der Waals surface area contributed by atoms with Crippen molar-refractivity contribution < 1.29 is 4.74 Å². The fraction of sp³-hybridized carbons (Fsp3) is 0.583. The molecule has 2 rings (SSSR count). The van der Waals surface area contributed by atoms with Crippen molar-refractivity contribution >= 4 is 5.82 Å². The van der Waals surface area contributed by atoms with E-state index in [4.69, 9.17) is 10.00 Å². The van der Waals surface area contributed by atoms with E-state index in [0.717, 1.165) is 25.7 Å². The Morgan fingerprint density at radius 3 is 2.82 bits per heavy atom. The van der Waals surface area contributed by atoms with Gasteiger partial charge >= 0.3 is 0 Å². The third-order valence-electron chi connectivity index (χ3n) is 3.18. The van der Waals surface area contributed by atoms with E-state index >= 15 is 0 Å². The first-order valence-electron chi connectivity index (χ1n) is 5.83. The summed E-state index contributed by atoms with van der Waals surface area (Å²) in [5.74, 6) is 0.642. The lowest BCUT2D eigenvalue weighted by Gasteiger charge is -2.28. The van der Waals surface area contributed by atoms with E-state index in [9.17, 15) is 0 Å². The van der Waals surface area contributed by atoms with E-state index < -0.39 is 0 Å². The minimum Gasteiger partial charge on any atom is -0.381 e. The largest absolute Gasteiger partial charge is 0.381 e. The molecule has 5 nitrogen and oxygen atoms in total. The summed E-state index contributed by atoms with van der Waals surface area (Å²) in [6.45, 7) is 0. The van der Waals surface area contributed by atoms with Gasteiger partial charge in [-0.25, -0.2) is 9.97 Å². The number of methoxy groups -OCH3 is 1. The molecule has 0 spiro atoms. The number of aromatic nitrogens is 2. The molecule has 1 aliphatic carbocycles. The van der Waals surface area contributed by atoms with E-state index in [0.29, 0.717) is 23.5 Å². The second kappa shape index (κ2) is 5.60. The molecule has 17 heavy (non-hydrogen) atoms. The highest BCUT2D eigenvalue weighted by atomic mass is 16.5. The van der Waals surface area contributed by atoms with Crippen LogP contribution in [0.25, 0.3) is 0 Å². The highest BCUT2D eigenvalue weighted by molar-refractivity contribution is 5.50. The normalized spacial score (nSPS) is 24.0. The van der Waals surface area contributed by atoms with Crippen LogP contribution in [0.1, 0.15) is 31.2 Å². The monoisotopic (exact) mass is 232 g/mol. The van der Waals surface area contributed by atoms with Crippen LogP contribution in [0, 0.1) is 11.3 Å². The first-order valence-corrected chi connectivity index (χ1v) is 5.83. The molecular formula is C12H16N4O. The van der Waals surface area contributed by atoms with E-state index in [-0.39, 0.29) is 0 Å². The van der Waals surface area contributed by atoms with Gasteiger partial charge in [0.25, 0.3) is 0 Å². The Morgan fingerprint density at radius 2 is 2.18 bits per heavy atom. The Labute approximate surface area is 101 Å². The molecule has 1 aliphatic rings. The molecule has 0 aromatic carbocycles. The van der Waals surface area contributed by atoms with Crippen LogP contribution < -0.4 is 5.32 Å². The Hall–Kier alpha value is -1.67. The molecule has 0 aliphatic heterocycles. The fourth-order valence-corrected chi connectivity index (χ4v) is 2.16. The van der Waals surface area contributed by atoms with Gasteiger partial charge in [0.1, 0.15) is 23.8 Å². The molecule has 1 aromatic heterocycles. The minimum absolute atomic E-state index is 0.378. The average Bonchev–Trinajstić information content (AvgIpc) is 2.40. The number of ether oxygens (including phenoxy) is 1. The smallest absolute Gasteiger partial charge is 0.147 e. The first kappa shape index (κ1) is 11.8. The Kier molecular flexibility index (Phi) is 3.89. The lowest BCUT2D eigenvalue weighted by atomic mass is 9.93. The van der Waals surface area contributed by atoms with Gasteiger partial charge in [-0.1, -0.05) is 0 Å². The standard InChI is InChI=1S/C12H16N4O/c1-17-11-4-2-10(3-5-11)16-12-9(6-13)7-14-8-15-12/h7-8,10-11H,2-5H2,1H3,(H,14,15,16). The van der Waals surface area contributed by atoms with Gasteiger partial charge < -0.3 is 10.1 Å². The molecule has 0 bridgehead atoms. The first-order chi connectivity index (χ1) is 8.33. The van der Waals surface area contributed by atoms with Crippen LogP contribution in [-0.2, 0) is 4.74 Å². The number of hydrogen-bond donors (Lipinski definition) is 1. The fourth-order valence-electron chi connectivity index (χ4n) is 2.16. The molecule has 90 valence electrons. The van der Waals surface area contributed by atoms with Crippen molar-refractivity contribution in [1.29, 1.82) is 5.26 Å². The molecule has 1 aromatic rings. The van der Waals surface area contributed by atoms with Gasteiger partial charge in [-0.15, -0.1) is 0 Å². The molecule has 0 amide bonds. The number of rotatable bonds is 3. The molecule has 1 N–H and O–H groups in total. The van der Waals surface area contributed by atoms with E-state index in [2.05, 4.69) is 21.4 Å². The van der Waals surface area contributed by atoms with E-state index in [1.54, 1.807) is 7.11 Å². The van der Waals surface area contributed by atoms with Gasteiger partial charge in [-0.05, 0) is 25.7 Å². The highest BCUT2D eigenvalue weighted by Gasteiger charge is 2.21. The summed E-state index contributed by atoms with van der Waals surface area (Å²) >= 11 is 0. The van der Waals surface area contributed by atoms with Crippen molar-refractivity contribution in [3.05, 3.63) is 18.1 Å². The van der Waals surface area contributed by atoms with E-state index in [1.807, 2.05) is 0 Å². The zero-order valence-electron chi connectivity index (χ0n) is 9.89. The molecule has 5 heteroatoms. The summed E-state index contributed by atoms with van der Waals surface area (Å²) in [6, 6.07) is 2.47. The number of nitrogens with one attached hydrogen (secondary N) is 1. The Balaban J connectivity index is 1.96. The van der Waals surface area contributed by atoms with Crippen LogP contribution in [0.2, 0.25) is 0 Å². The van der Waals surface area contributed by atoms with E-state index in [1.165, 1.54) is 12.5 Å². The van der Waals surface area contributed by atoms with Crippen molar-refractivity contribution in [1.82, 2.24) is 9.97 Å². The van der Waals surface area contributed by atoms with Crippen LogP contribution in [-0.4, -0.2) is 29.2 Å². The topological polar surface area (TPSA) is 70.8 Å². The van der Waals surface area contributed by atoms with Gasteiger partial charge in [0.2, 0.25) is 0 Å². The molecule has 0 saturated heterocycles. The van der Waals surface area contributed by atoms with Gasteiger partial charge in [0, 0.05) is 13.2 Å². The van der Waals surface area contributed by atoms with Crippen molar-refractivity contribution in [2.75, 3.05) is 12.4 Å². The maximum atomic E-state index is 8.94. The SMILES string of the molecule is COC1CCC(Nc2ncncc2C#N)CC1. The minimum atomic E-state index is 0.378. The Morgan fingerprint density at radius 1 is 1.41 bits per heavy atom. The Bertz CT molecular complexity index is 407. The molecular weight excluding hydrogens is 216 g/mol. The maximum Gasteiger partial charge on any atom is 0.147 e. The zero-order valence-corrected chi connectivity index (χ0v) is 9.89. The number of hydrogen-bond acceptors (Lipinski definition) is 5. The molecule has 1 saturated carbocycles. The third kappa shape index (κ3) is 2.92. The van der Waals surface area contributed by atoms with Gasteiger partial charge in [0.05, 0.1) is 12.3 Å². The van der Waals surface area contributed by atoms with Crippen LogP contribution in [0.5, 0.6) is 0 Å². The predicted octanol–water partition coefficient (Wildman–Crippen LogP) is 1.72. The second-order valence-electron chi connectivity index (χ2n) is 4.25. The number of nitriles is 1. The molecule has 0 unspecified atom stereocenters. The zero-order chi connectivity index (χ0) is 12.1. The molecule has 1 heterocycles. The summed E-state index contributed by atoms with van der Waals surface area (Å²) < 4.78 is 5.33. The summed E-state index contributed by atoms with van der Waals surface area (Å²) in [5, 5.41) is 12.3. The quantitative estimate of drug-likeness (QED) is 0.859. The van der Waals surface area contributed by atoms with Gasteiger partial charge in [0.15, 0.2) is 0 Å². The van der Waals surface area contributed by atoms with Crippen LogP contribution in [0.3, 0.4) is 0 Å². The third-order valence-corrected chi connectivity index (χ3v) is 3.18. The predicted molar refractivity (Wildman–Crippen MR) is 63.4 cm³/mol. The highest BCUT2D eigenvalue weighted by Crippen LogP contribution is 2.23. The molecule has 0 radical (unpaired) electrons. The number of nitrogens with zero attached hydrogens (tertiary/aromatic N) is 3. The summed E-state index contributed by atoms with van der Waals surface area (Å²) in [6.07, 6.45) is 7.59. The maximum absolute atomic E-state index is 8.94. The lowest BCUT2D eigenvalue weighted by molar-refractivity contribution is 0.0681. The number of anilines is 1. The summed E-state index contributed by atoms with van der Waals surface area (Å²) in [7, 11) is 1.76. The van der Waals surface area contributed by atoms with Crippen molar-refractivity contribution in [2.45, 2.75) is 37.8 Å². The van der Waals surface area contributed by atoms with Crippen LogP contribution in [0.4, 0.5) is 5.82 Å². The van der Waals surface area contributed by atoms with Crippen molar-refractivity contribution in [3.63, 3.8) is 0 Å². The van der Waals surface area contributed by atoms with Crippen LogP contribution in [0.15, 0.2) is 12.5 Å². The summed E-state index contributed by atoms with van der Waals surface area (Å²) in [4.78, 5) is 7.95. The van der Waals surface area contributed by atoms with Gasteiger partial charge in [-0.2, -0.15) is 5.26 Å². The molecule has 1 fully saturated rings. The molecule has 0 atom stereocenters. The van der Waals surface area contributed by atoms with Crippen molar-refractivity contribution in [3.8, 4) is 6.07 Å². The summed E-state index contributed by atoms with van der Waals surface area (Å²) in [5.41, 5.74) is 0.501. The second-order valence-corrected chi connectivity index (χ2v) is 4.25.